The van der Waals surface area contributed by atoms with Crippen LogP contribution in [0.4, 0.5) is 0 Å². The Hall–Kier alpha value is -3.01. The second-order valence-corrected chi connectivity index (χ2v) is 8.02. The molecule has 0 spiro atoms. The zero-order chi connectivity index (χ0) is 23.3. The molecule has 3 N–H and O–H groups in total. The molecule has 0 aromatic carbocycles. The van der Waals surface area contributed by atoms with Gasteiger partial charge in [-0.25, -0.2) is 9.78 Å². The summed E-state index contributed by atoms with van der Waals surface area (Å²) >= 11 is 0. The summed E-state index contributed by atoms with van der Waals surface area (Å²) in [6, 6.07) is 1.51. The first-order valence-corrected chi connectivity index (χ1v) is 10.3. The van der Waals surface area contributed by atoms with E-state index in [4.69, 9.17) is 4.74 Å². The molecule has 10 heteroatoms. The summed E-state index contributed by atoms with van der Waals surface area (Å²) in [4.78, 5) is 56.3. The van der Waals surface area contributed by atoms with Crippen LogP contribution in [-0.2, 0) is 16.1 Å². The lowest BCUT2D eigenvalue weighted by atomic mass is 10.0. The minimum Gasteiger partial charge on any atom is -0.466 e. The van der Waals surface area contributed by atoms with Gasteiger partial charge in [-0.05, 0) is 32.3 Å². The van der Waals surface area contributed by atoms with Crippen molar-refractivity contribution in [2.75, 3.05) is 13.2 Å². The summed E-state index contributed by atoms with van der Waals surface area (Å²) in [6.07, 6.45) is 0.332. The lowest BCUT2D eigenvalue weighted by Crippen LogP contribution is -2.43. The maximum absolute atomic E-state index is 13.0. The van der Waals surface area contributed by atoms with Crippen LogP contribution in [0.3, 0.4) is 0 Å². The molecule has 0 aliphatic heterocycles. The molecule has 0 unspecified atom stereocenters. The fourth-order valence-electron chi connectivity index (χ4n) is 3.15. The highest BCUT2D eigenvalue weighted by molar-refractivity contribution is 6.05. The number of hydrogen-bond donors (Lipinski definition) is 3. The molecule has 2 aromatic heterocycles. The lowest BCUT2D eigenvalue weighted by Gasteiger charge is -2.23. The number of nitrogens with one attached hydrogen (secondary N) is 2. The van der Waals surface area contributed by atoms with Gasteiger partial charge >= 0.3 is 11.7 Å². The summed E-state index contributed by atoms with van der Waals surface area (Å²) in [5, 5.41) is 13.0. The molecule has 1 atom stereocenters. The number of aromatic amines is 1. The molecule has 2 rings (SSSR count). The first-order valence-electron chi connectivity index (χ1n) is 10.3. The number of rotatable bonds is 9. The maximum Gasteiger partial charge on any atom is 0.329 e. The fraction of sp³-hybridized carbons (Fsp3) is 0.571. The van der Waals surface area contributed by atoms with E-state index in [-0.39, 0.29) is 42.1 Å². The Labute approximate surface area is 179 Å². The minimum atomic E-state index is -1.54. The number of carbonyl (C=O) groups is 2. The third kappa shape index (κ3) is 5.78. The fourth-order valence-corrected chi connectivity index (χ4v) is 3.15. The van der Waals surface area contributed by atoms with Crippen molar-refractivity contribution in [2.24, 2.45) is 0 Å². The van der Waals surface area contributed by atoms with E-state index in [1.54, 1.807) is 6.92 Å². The minimum absolute atomic E-state index is 0.0000134. The number of H-pyrrole nitrogens is 1. The molecule has 31 heavy (non-hydrogen) atoms. The average Bonchev–Trinajstić information content (AvgIpc) is 2.68. The second kappa shape index (κ2) is 9.86. The van der Waals surface area contributed by atoms with E-state index in [1.807, 2.05) is 20.8 Å². The molecule has 0 aliphatic rings. The number of carbonyl (C=O) groups excluding carboxylic acids is 2. The van der Waals surface area contributed by atoms with Crippen LogP contribution < -0.4 is 16.6 Å². The summed E-state index contributed by atoms with van der Waals surface area (Å²) < 4.78 is 6.18. The van der Waals surface area contributed by atoms with Gasteiger partial charge in [-0.3, -0.25) is 23.9 Å². The average molecular weight is 434 g/mol. The van der Waals surface area contributed by atoms with Crippen molar-refractivity contribution in [2.45, 2.75) is 65.5 Å². The van der Waals surface area contributed by atoms with Crippen LogP contribution in [0.1, 0.15) is 69.4 Å². The summed E-state index contributed by atoms with van der Waals surface area (Å²) in [5.74, 6) is -1.27. The van der Waals surface area contributed by atoms with Gasteiger partial charge < -0.3 is 15.2 Å². The van der Waals surface area contributed by atoms with E-state index in [0.717, 1.165) is 0 Å². The third-order valence-corrected chi connectivity index (χ3v) is 4.71. The monoisotopic (exact) mass is 434 g/mol. The number of esters is 1. The Morgan fingerprint density at radius 2 is 2.00 bits per heavy atom. The summed E-state index contributed by atoms with van der Waals surface area (Å²) in [7, 11) is 0. The quantitative estimate of drug-likeness (QED) is 0.501. The second-order valence-electron chi connectivity index (χ2n) is 8.02. The van der Waals surface area contributed by atoms with Crippen LogP contribution in [0, 0.1) is 0 Å². The predicted octanol–water partition coefficient (Wildman–Crippen LogP) is 1.05. The van der Waals surface area contributed by atoms with Gasteiger partial charge in [0, 0.05) is 18.8 Å². The number of aromatic nitrogens is 3. The van der Waals surface area contributed by atoms with Gasteiger partial charge in [0.05, 0.1) is 29.6 Å². The van der Waals surface area contributed by atoms with Gasteiger partial charge in [0.2, 0.25) is 0 Å². The van der Waals surface area contributed by atoms with Crippen molar-refractivity contribution in [1.29, 1.82) is 0 Å². The molecular formula is C21H30N4O6. The van der Waals surface area contributed by atoms with Crippen LogP contribution in [0.5, 0.6) is 0 Å². The molecule has 0 fully saturated rings. The maximum atomic E-state index is 13.0. The van der Waals surface area contributed by atoms with Crippen LogP contribution in [0.25, 0.3) is 11.0 Å². The topological polar surface area (TPSA) is 143 Å². The summed E-state index contributed by atoms with van der Waals surface area (Å²) in [5.41, 5.74) is -2.10. The van der Waals surface area contributed by atoms with Crippen molar-refractivity contribution in [3.05, 3.63) is 38.2 Å². The Balaban J connectivity index is 2.49. The SMILES string of the molecule is CCCn1c(=O)[nH]c(=O)c2c(C(=O)NC[C@](C)(O)CC(=O)OCC)cc(C(C)C)nc21. The molecule has 0 radical (unpaired) electrons. The van der Waals surface area contributed by atoms with Crippen molar-refractivity contribution < 1.29 is 19.4 Å². The highest BCUT2D eigenvalue weighted by Crippen LogP contribution is 2.20. The van der Waals surface area contributed by atoms with Crippen LogP contribution >= 0.6 is 0 Å². The van der Waals surface area contributed by atoms with Gasteiger partial charge in [0.15, 0.2) is 5.65 Å². The molecule has 2 aromatic rings. The Bertz CT molecular complexity index is 1080. The van der Waals surface area contributed by atoms with E-state index in [1.165, 1.54) is 17.6 Å². The van der Waals surface area contributed by atoms with Gasteiger partial charge in [0.1, 0.15) is 0 Å². The van der Waals surface area contributed by atoms with E-state index >= 15 is 0 Å². The van der Waals surface area contributed by atoms with E-state index in [2.05, 4.69) is 15.3 Å². The van der Waals surface area contributed by atoms with Crippen molar-refractivity contribution in [3.8, 4) is 0 Å². The lowest BCUT2D eigenvalue weighted by molar-refractivity contribution is -0.147. The number of pyridine rings is 1. The standard InChI is InChI=1S/C21H30N4O6/c1-6-8-25-17-16(19(28)24-20(25)29)13(9-14(23-17)12(3)4)18(27)22-11-21(5,30)10-15(26)31-7-2/h9,12,30H,6-8,10-11H2,1-5H3,(H,22,27)(H,24,28,29)/t21-/m1/s1. The van der Waals surface area contributed by atoms with E-state index in [0.29, 0.717) is 18.7 Å². The molecule has 170 valence electrons. The van der Waals surface area contributed by atoms with Crippen LogP contribution in [-0.4, -0.2) is 50.3 Å². The van der Waals surface area contributed by atoms with Crippen molar-refractivity contribution in [1.82, 2.24) is 19.9 Å². The molecule has 0 bridgehead atoms. The van der Waals surface area contributed by atoms with Gasteiger partial charge in [-0.1, -0.05) is 20.8 Å². The molecular weight excluding hydrogens is 404 g/mol. The van der Waals surface area contributed by atoms with Crippen molar-refractivity contribution >= 4 is 22.9 Å². The first-order chi connectivity index (χ1) is 14.5. The first kappa shape index (κ1) is 24.3. The Kier molecular flexibility index (Phi) is 7.72. The zero-order valence-electron chi connectivity index (χ0n) is 18.6. The van der Waals surface area contributed by atoms with Gasteiger partial charge in [-0.15, -0.1) is 0 Å². The molecule has 10 nitrogen and oxygen atoms in total. The molecule has 0 saturated carbocycles. The van der Waals surface area contributed by atoms with E-state index in [9.17, 15) is 24.3 Å². The van der Waals surface area contributed by atoms with Crippen LogP contribution in [0.2, 0.25) is 0 Å². The van der Waals surface area contributed by atoms with E-state index < -0.39 is 28.7 Å². The predicted molar refractivity (Wildman–Crippen MR) is 115 cm³/mol. The number of fused-ring (bicyclic) bond motifs is 1. The zero-order valence-corrected chi connectivity index (χ0v) is 18.6. The smallest absolute Gasteiger partial charge is 0.329 e. The highest BCUT2D eigenvalue weighted by atomic mass is 16.5. The van der Waals surface area contributed by atoms with Crippen molar-refractivity contribution in [3.63, 3.8) is 0 Å². The number of hydrogen-bond acceptors (Lipinski definition) is 7. The van der Waals surface area contributed by atoms with Crippen LogP contribution in [0.15, 0.2) is 15.7 Å². The normalized spacial score (nSPS) is 13.3. The Morgan fingerprint density at radius 3 is 2.58 bits per heavy atom. The number of ether oxygens (including phenoxy) is 1. The number of aryl methyl sites for hydroxylation is 1. The number of amides is 1. The Morgan fingerprint density at radius 1 is 1.32 bits per heavy atom. The molecule has 1 amide bonds. The highest BCUT2D eigenvalue weighted by Gasteiger charge is 2.27. The number of aliphatic hydroxyl groups is 1. The third-order valence-electron chi connectivity index (χ3n) is 4.71. The molecule has 0 aliphatic carbocycles. The summed E-state index contributed by atoms with van der Waals surface area (Å²) in [6.45, 7) is 8.99. The van der Waals surface area contributed by atoms with Gasteiger partial charge in [0.25, 0.3) is 11.5 Å². The molecule has 0 saturated heterocycles. The number of nitrogens with zero attached hydrogens (tertiary/aromatic N) is 2. The van der Waals surface area contributed by atoms with Gasteiger partial charge in [-0.2, -0.15) is 0 Å². The largest absolute Gasteiger partial charge is 0.466 e. The molecule has 2 heterocycles.